The normalized spacial score (nSPS) is 15.3. The number of methoxy groups -OCH3 is 1. The Morgan fingerprint density at radius 1 is 1.12 bits per heavy atom. The Bertz CT molecular complexity index is 1540. The molecule has 0 radical (unpaired) electrons. The predicted molar refractivity (Wildman–Crippen MR) is 143 cm³/mol. The number of halogens is 4. The smallest absolute Gasteiger partial charge is 0.378 e. The van der Waals surface area contributed by atoms with Gasteiger partial charge in [-0.05, 0) is 36.8 Å². The van der Waals surface area contributed by atoms with Crippen LogP contribution in [0.25, 0.3) is 22.3 Å². The molecule has 10 nitrogen and oxygen atoms in total. The molecular formula is C27H28F4N8O2. The Kier molecular flexibility index (Phi) is 8.13. The first-order valence-corrected chi connectivity index (χ1v) is 12.9. The highest BCUT2D eigenvalue weighted by Gasteiger charge is 2.35. The number of imidazole rings is 1. The molecule has 2 N–H and O–H groups in total. The first-order chi connectivity index (χ1) is 19.6. The van der Waals surface area contributed by atoms with E-state index in [0.29, 0.717) is 47.3 Å². The number of nitrogens with zero attached hydrogens (tertiary/aromatic N) is 6. The number of ether oxygens (including phenoxy) is 1. The van der Waals surface area contributed by atoms with Crippen LogP contribution in [0.5, 0.6) is 0 Å². The van der Waals surface area contributed by atoms with E-state index in [1.54, 1.807) is 25.4 Å². The van der Waals surface area contributed by atoms with E-state index in [1.807, 2.05) is 19.1 Å². The molecule has 41 heavy (non-hydrogen) atoms. The van der Waals surface area contributed by atoms with Gasteiger partial charge in [0, 0.05) is 57.2 Å². The second-order valence-electron chi connectivity index (χ2n) is 9.75. The van der Waals surface area contributed by atoms with E-state index in [4.69, 9.17) is 4.74 Å². The lowest BCUT2D eigenvalue weighted by molar-refractivity contribution is -0.162. The lowest BCUT2D eigenvalue weighted by Gasteiger charge is -2.38. The first kappa shape index (κ1) is 28.4. The summed E-state index contributed by atoms with van der Waals surface area (Å²) in [4.78, 5) is 35.5. The quantitative estimate of drug-likeness (QED) is 0.295. The van der Waals surface area contributed by atoms with Crippen LogP contribution in [-0.2, 0) is 16.1 Å². The zero-order chi connectivity index (χ0) is 29.1. The summed E-state index contributed by atoms with van der Waals surface area (Å²) >= 11 is 0. The van der Waals surface area contributed by atoms with Crippen molar-refractivity contribution < 1.29 is 27.1 Å². The summed E-state index contributed by atoms with van der Waals surface area (Å²) < 4.78 is 57.8. The second kappa shape index (κ2) is 11.7. The summed E-state index contributed by atoms with van der Waals surface area (Å²) in [6.45, 7) is 3.63. The number of pyridine rings is 1. The van der Waals surface area contributed by atoms with Gasteiger partial charge >= 0.3 is 6.18 Å². The van der Waals surface area contributed by atoms with Crippen LogP contribution in [0.4, 0.5) is 29.3 Å². The number of fused-ring (bicyclic) bond motifs is 1. The van der Waals surface area contributed by atoms with E-state index in [1.165, 1.54) is 17.3 Å². The number of alkyl halides is 3. The number of aromatic nitrogens is 5. The van der Waals surface area contributed by atoms with Gasteiger partial charge in [-0.2, -0.15) is 13.2 Å². The minimum Gasteiger partial charge on any atom is -0.378 e. The van der Waals surface area contributed by atoms with Gasteiger partial charge < -0.3 is 19.9 Å². The molecule has 1 fully saturated rings. The zero-order valence-corrected chi connectivity index (χ0v) is 22.4. The lowest BCUT2D eigenvalue weighted by atomic mass is 10.1. The zero-order valence-electron chi connectivity index (χ0n) is 22.4. The molecule has 3 aromatic heterocycles. The molecule has 4 heterocycles. The van der Waals surface area contributed by atoms with Crippen LogP contribution in [0, 0.1) is 5.82 Å². The number of hydrogen-bond acceptors (Lipinski definition) is 8. The molecule has 0 bridgehead atoms. The maximum Gasteiger partial charge on any atom is 0.397 e. The van der Waals surface area contributed by atoms with Crippen molar-refractivity contribution in [2.75, 3.05) is 38.6 Å². The molecule has 1 unspecified atom stereocenters. The van der Waals surface area contributed by atoms with Gasteiger partial charge in [-0.15, -0.1) is 0 Å². The number of carbonyl (C=O) groups is 1. The van der Waals surface area contributed by atoms with Crippen molar-refractivity contribution in [3.05, 3.63) is 59.9 Å². The third-order valence-electron chi connectivity index (χ3n) is 6.94. The van der Waals surface area contributed by atoms with E-state index < -0.39 is 24.3 Å². The molecule has 1 aromatic carbocycles. The fourth-order valence-corrected chi connectivity index (χ4v) is 4.81. The highest BCUT2D eigenvalue weighted by atomic mass is 19.4. The SMILES string of the molecule is COCc1cc(-c2cc3nc(Nc4cc(C(C)N5CCN(C(=O)CC(F)(F)F)CC5)ccn4)[nH]c3cc2F)ncn1. The number of rotatable bonds is 8. The van der Waals surface area contributed by atoms with Gasteiger partial charge in [0.1, 0.15) is 24.4 Å². The van der Waals surface area contributed by atoms with Crippen molar-refractivity contribution in [1.82, 2.24) is 34.7 Å². The van der Waals surface area contributed by atoms with E-state index in [0.717, 1.165) is 5.56 Å². The fourth-order valence-electron chi connectivity index (χ4n) is 4.81. The number of carbonyl (C=O) groups excluding carboxylic acids is 1. The molecule has 0 spiro atoms. The number of aromatic amines is 1. The predicted octanol–water partition coefficient (Wildman–Crippen LogP) is 4.60. The molecule has 1 atom stereocenters. The lowest BCUT2D eigenvalue weighted by Crippen LogP contribution is -2.50. The van der Waals surface area contributed by atoms with Crippen LogP contribution in [0.15, 0.2) is 42.9 Å². The highest BCUT2D eigenvalue weighted by molar-refractivity contribution is 5.83. The molecule has 1 amide bonds. The monoisotopic (exact) mass is 572 g/mol. The molecule has 1 aliphatic rings. The average molecular weight is 573 g/mol. The summed E-state index contributed by atoms with van der Waals surface area (Å²) in [6.07, 6.45) is -2.95. The minimum absolute atomic E-state index is 0.0680. The summed E-state index contributed by atoms with van der Waals surface area (Å²) in [7, 11) is 1.55. The van der Waals surface area contributed by atoms with Gasteiger partial charge in [0.2, 0.25) is 11.9 Å². The number of nitrogens with one attached hydrogen (secondary N) is 2. The molecule has 4 aromatic rings. The number of anilines is 2. The summed E-state index contributed by atoms with van der Waals surface area (Å²) in [5, 5.41) is 3.12. The van der Waals surface area contributed by atoms with Crippen molar-refractivity contribution in [2.24, 2.45) is 0 Å². The standard InChI is InChI=1S/C27H28F4N8O2/c1-16(38-5-7-39(8-6-38)25(40)13-27(29,30)31)17-3-4-32-24(9-17)37-26-35-22-11-19(20(28)12-23(22)36-26)21-10-18(14-41-2)33-15-34-21/h3-4,9-12,15-16H,5-8,13-14H2,1-2H3,(H2,32,35,36,37). The van der Waals surface area contributed by atoms with Gasteiger partial charge in [0.05, 0.1) is 29.0 Å². The summed E-state index contributed by atoms with van der Waals surface area (Å²) in [6, 6.07) is 8.26. The minimum atomic E-state index is -4.51. The Morgan fingerprint density at radius 3 is 2.63 bits per heavy atom. The molecule has 0 saturated carbocycles. The fraction of sp³-hybridized carbons (Fsp3) is 0.370. The van der Waals surface area contributed by atoms with Crippen molar-refractivity contribution in [3.63, 3.8) is 0 Å². The molecule has 1 saturated heterocycles. The Balaban J connectivity index is 1.27. The van der Waals surface area contributed by atoms with Gasteiger partial charge in [0.25, 0.3) is 0 Å². The van der Waals surface area contributed by atoms with Crippen LogP contribution < -0.4 is 5.32 Å². The van der Waals surface area contributed by atoms with Crippen LogP contribution in [0.2, 0.25) is 0 Å². The molecule has 216 valence electrons. The van der Waals surface area contributed by atoms with E-state index in [9.17, 15) is 22.4 Å². The topological polar surface area (TPSA) is 112 Å². The molecule has 5 rings (SSSR count). The number of benzene rings is 1. The Morgan fingerprint density at radius 2 is 1.90 bits per heavy atom. The van der Waals surface area contributed by atoms with E-state index in [-0.39, 0.29) is 31.3 Å². The van der Waals surface area contributed by atoms with Crippen molar-refractivity contribution in [3.8, 4) is 11.3 Å². The Hall–Kier alpha value is -4.17. The molecule has 0 aliphatic carbocycles. The summed E-state index contributed by atoms with van der Waals surface area (Å²) in [5.41, 5.74) is 3.26. The number of H-pyrrole nitrogens is 1. The highest BCUT2D eigenvalue weighted by Crippen LogP contribution is 2.29. The Labute approximate surface area is 232 Å². The van der Waals surface area contributed by atoms with Gasteiger partial charge in [-0.1, -0.05) is 0 Å². The van der Waals surface area contributed by atoms with Crippen molar-refractivity contribution >= 4 is 28.7 Å². The molecule has 14 heteroatoms. The maximum absolute atomic E-state index is 15.0. The third kappa shape index (κ3) is 6.77. The van der Waals surface area contributed by atoms with Gasteiger partial charge in [0.15, 0.2) is 0 Å². The maximum atomic E-state index is 15.0. The number of piperazine rings is 1. The molecule has 1 aliphatic heterocycles. The van der Waals surface area contributed by atoms with Crippen LogP contribution in [0.3, 0.4) is 0 Å². The van der Waals surface area contributed by atoms with E-state index in [2.05, 4.69) is 35.1 Å². The van der Waals surface area contributed by atoms with Crippen LogP contribution in [-0.4, -0.2) is 80.1 Å². The van der Waals surface area contributed by atoms with Crippen LogP contribution >= 0.6 is 0 Å². The van der Waals surface area contributed by atoms with Gasteiger partial charge in [-0.3, -0.25) is 9.69 Å². The summed E-state index contributed by atoms with van der Waals surface area (Å²) in [5.74, 6) is -0.489. The van der Waals surface area contributed by atoms with Gasteiger partial charge in [-0.25, -0.2) is 24.3 Å². The average Bonchev–Trinajstić information content (AvgIpc) is 3.32. The first-order valence-electron chi connectivity index (χ1n) is 12.9. The largest absolute Gasteiger partial charge is 0.397 e. The van der Waals surface area contributed by atoms with Crippen LogP contribution in [0.1, 0.15) is 30.6 Å². The van der Waals surface area contributed by atoms with Crippen molar-refractivity contribution in [2.45, 2.75) is 32.2 Å². The van der Waals surface area contributed by atoms with Crippen molar-refractivity contribution in [1.29, 1.82) is 0 Å². The van der Waals surface area contributed by atoms with E-state index >= 15 is 0 Å². The number of hydrogen-bond donors (Lipinski definition) is 2. The third-order valence-corrected chi connectivity index (χ3v) is 6.94. The molecular weight excluding hydrogens is 544 g/mol. The second-order valence-corrected chi connectivity index (χ2v) is 9.75. The number of amides is 1.